The van der Waals surface area contributed by atoms with Gasteiger partial charge in [0.25, 0.3) is 5.91 Å². The molecule has 1 unspecified atom stereocenters. The summed E-state index contributed by atoms with van der Waals surface area (Å²) in [6, 6.07) is 6.30. The Kier molecular flexibility index (Phi) is 6.63. The summed E-state index contributed by atoms with van der Waals surface area (Å²) in [5.74, 6) is -2.47. The van der Waals surface area contributed by atoms with Crippen molar-refractivity contribution in [2.75, 3.05) is 29.6 Å². The zero-order chi connectivity index (χ0) is 25.4. The highest BCUT2D eigenvalue weighted by Gasteiger charge is 2.34. The standard InChI is InChI=1S/C24H27F2N5O3S/c1-15-19(21-16(2)29-14-34-21)13-28-22(31-10-5-8-24(25,26)9-11-31)20(15)23(32)30-17-6-4-7-18(12-17)35(3,27)33/h4,6-7,12-14,27H,5,8-11H2,1-3H3,(H,30,32). The van der Waals surface area contributed by atoms with Crippen LogP contribution in [0.15, 0.2) is 46.2 Å². The van der Waals surface area contributed by atoms with E-state index in [-0.39, 0.29) is 36.3 Å². The van der Waals surface area contributed by atoms with E-state index in [9.17, 15) is 17.8 Å². The average Bonchev–Trinajstić information content (AvgIpc) is 3.11. The first-order valence-corrected chi connectivity index (χ1v) is 13.1. The molecule has 0 saturated carbocycles. The molecule has 0 radical (unpaired) electrons. The Morgan fingerprint density at radius 1 is 1.23 bits per heavy atom. The maximum atomic E-state index is 14.0. The number of rotatable bonds is 5. The van der Waals surface area contributed by atoms with E-state index < -0.39 is 21.6 Å². The maximum absolute atomic E-state index is 14.0. The van der Waals surface area contributed by atoms with Gasteiger partial charge in [0.15, 0.2) is 12.2 Å². The minimum atomic E-state index is -2.98. The van der Waals surface area contributed by atoms with Crippen molar-refractivity contribution in [2.24, 2.45) is 0 Å². The van der Waals surface area contributed by atoms with E-state index in [2.05, 4.69) is 15.3 Å². The van der Waals surface area contributed by atoms with Gasteiger partial charge in [0.2, 0.25) is 5.92 Å². The number of hydrogen-bond donors (Lipinski definition) is 2. The number of oxazole rings is 1. The van der Waals surface area contributed by atoms with Crippen molar-refractivity contribution in [3.63, 3.8) is 0 Å². The van der Waals surface area contributed by atoms with Crippen LogP contribution < -0.4 is 10.2 Å². The summed E-state index contributed by atoms with van der Waals surface area (Å²) in [5, 5.41) is 2.80. The highest BCUT2D eigenvalue weighted by atomic mass is 32.2. The molecule has 186 valence electrons. The second kappa shape index (κ2) is 9.37. The zero-order valence-electron chi connectivity index (χ0n) is 19.7. The van der Waals surface area contributed by atoms with Crippen LogP contribution in [0.2, 0.25) is 0 Å². The van der Waals surface area contributed by atoms with Crippen molar-refractivity contribution >= 4 is 27.1 Å². The van der Waals surface area contributed by atoms with Gasteiger partial charge in [-0.2, -0.15) is 0 Å². The summed E-state index contributed by atoms with van der Waals surface area (Å²) in [5.41, 5.74) is 2.37. The summed E-state index contributed by atoms with van der Waals surface area (Å²) in [6.45, 7) is 3.93. The molecule has 2 N–H and O–H groups in total. The summed E-state index contributed by atoms with van der Waals surface area (Å²) < 4.78 is 53.6. The molecule has 1 amide bonds. The number of pyridine rings is 1. The van der Waals surface area contributed by atoms with Crippen LogP contribution in [-0.4, -0.2) is 45.4 Å². The third-order valence-electron chi connectivity index (χ3n) is 6.10. The lowest BCUT2D eigenvalue weighted by Gasteiger charge is -2.25. The van der Waals surface area contributed by atoms with Gasteiger partial charge < -0.3 is 14.6 Å². The lowest BCUT2D eigenvalue weighted by molar-refractivity contribution is -0.0102. The monoisotopic (exact) mass is 503 g/mol. The van der Waals surface area contributed by atoms with Crippen molar-refractivity contribution in [1.82, 2.24) is 9.97 Å². The number of hydrogen-bond acceptors (Lipinski definition) is 7. The van der Waals surface area contributed by atoms with Crippen LogP contribution in [0.4, 0.5) is 20.3 Å². The quantitative estimate of drug-likeness (QED) is 0.491. The predicted octanol–water partition coefficient (Wildman–Crippen LogP) is 5.27. The fourth-order valence-electron chi connectivity index (χ4n) is 4.18. The first kappa shape index (κ1) is 24.8. The van der Waals surface area contributed by atoms with Crippen molar-refractivity contribution in [2.45, 2.75) is 43.9 Å². The molecule has 0 bridgehead atoms. The minimum absolute atomic E-state index is 0.0621. The average molecular weight is 504 g/mol. The highest BCUT2D eigenvalue weighted by molar-refractivity contribution is 7.91. The van der Waals surface area contributed by atoms with Crippen LogP contribution in [-0.2, 0) is 9.73 Å². The number of nitrogens with one attached hydrogen (secondary N) is 2. The van der Waals surface area contributed by atoms with Crippen LogP contribution in [0.25, 0.3) is 11.3 Å². The molecular weight excluding hydrogens is 476 g/mol. The second-order valence-electron chi connectivity index (χ2n) is 8.78. The summed E-state index contributed by atoms with van der Waals surface area (Å²) >= 11 is 0. The molecule has 1 saturated heterocycles. The van der Waals surface area contributed by atoms with Crippen molar-refractivity contribution in [3.05, 3.63) is 53.7 Å². The Morgan fingerprint density at radius 2 is 2.00 bits per heavy atom. The number of carbonyl (C=O) groups excluding carboxylic acids is 1. The van der Waals surface area contributed by atoms with E-state index in [0.717, 1.165) is 0 Å². The largest absolute Gasteiger partial charge is 0.443 e. The molecular formula is C24H27F2N5O3S. The van der Waals surface area contributed by atoms with Crippen molar-refractivity contribution in [3.8, 4) is 11.3 Å². The van der Waals surface area contributed by atoms with Crippen LogP contribution in [0.5, 0.6) is 0 Å². The SMILES string of the molecule is Cc1ncoc1-c1cnc(N2CCCC(F)(F)CC2)c(C(=O)Nc2cccc(S(C)(=N)=O)c2)c1C. The normalized spacial score (nSPS) is 17.5. The van der Waals surface area contributed by atoms with E-state index in [1.54, 1.807) is 43.1 Å². The van der Waals surface area contributed by atoms with E-state index >= 15 is 0 Å². The van der Waals surface area contributed by atoms with Gasteiger partial charge in [-0.1, -0.05) is 6.07 Å². The fourth-order valence-corrected chi connectivity index (χ4v) is 4.87. The van der Waals surface area contributed by atoms with Gasteiger partial charge in [0, 0.05) is 54.5 Å². The van der Waals surface area contributed by atoms with Gasteiger partial charge in [-0.25, -0.2) is 27.7 Å². The van der Waals surface area contributed by atoms with Gasteiger partial charge in [-0.3, -0.25) is 4.79 Å². The lowest BCUT2D eigenvalue weighted by atomic mass is 10.0. The molecule has 1 aliphatic heterocycles. The first-order valence-electron chi connectivity index (χ1n) is 11.1. The second-order valence-corrected chi connectivity index (χ2v) is 10.9. The van der Waals surface area contributed by atoms with Crippen molar-refractivity contribution < 1.29 is 22.2 Å². The Morgan fingerprint density at radius 3 is 2.69 bits per heavy atom. The smallest absolute Gasteiger partial charge is 0.259 e. The highest BCUT2D eigenvalue weighted by Crippen LogP contribution is 2.35. The number of nitrogens with zero attached hydrogens (tertiary/aromatic N) is 3. The third-order valence-corrected chi connectivity index (χ3v) is 7.25. The summed E-state index contributed by atoms with van der Waals surface area (Å²) in [4.78, 5) is 24.2. The number of alkyl halides is 2. The van der Waals surface area contributed by atoms with Crippen LogP contribution >= 0.6 is 0 Å². The Balaban J connectivity index is 1.78. The molecule has 2 aromatic heterocycles. The molecule has 1 atom stereocenters. The van der Waals surface area contributed by atoms with Gasteiger partial charge in [-0.15, -0.1) is 0 Å². The molecule has 1 aromatic carbocycles. The van der Waals surface area contributed by atoms with Gasteiger partial charge in [-0.05, 0) is 44.0 Å². The Labute approximate surface area is 202 Å². The van der Waals surface area contributed by atoms with E-state index in [1.165, 1.54) is 18.7 Å². The molecule has 35 heavy (non-hydrogen) atoms. The zero-order valence-corrected chi connectivity index (χ0v) is 20.5. The van der Waals surface area contributed by atoms with E-state index in [1.807, 2.05) is 0 Å². The third kappa shape index (κ3) is 5.34. The molecule has 0 aliphatic carbocycles. The molecule has 4 rings (SSSR count). The number of benzene rings is 1. The van der Waals surface area contributed by atoms with E-state index in [0.29, 0.717) is 40.6 Å². The summed E-state index contributed by atoms with van der Waals surface area (Å²) in [6.07, 6.45) is 3.92. The molecule has 1 fully saturated rings. The predicted molar refractivity (Wildman–Crippen MR) is 130 cm³/mol. The minimum Gasteiger partial charge on any atom is -0.443 e. The van der Waals surface area contributed by atoms with Crippen LogP contribution in [0.1, 0.15) is 40.9 Å². The molecule has 8 nitrogen and oxygen atoms in total. The van der Waals surface area contributed by atoms with Crippen LogP contribution in [0, 0.1) is 18.6 Å². The number of aromatic nitrogens is 2. The van der Waals surface area contributed by atoms with E-state index in [4.69, 9.17) is 9.20 Å². The fraction of sp³-hybridized carbons (Fsp3) is 0.375. The molecule has 3 heterocycles. The van der Waals surface area contributed by atoms with Gasteiger partial charge in [0.05, 0.1) is 21.0 Å². The van der Waals surface area contributed by atoms with Crippen molar-refractivity contribution in [1.29, 1.82) is 4.78 Å². The molecule has 3 aromatic rings. The molecule has 1 aliphatic rings. The number of aryl methyl sites for hydroxylation is 1. The van der Waals surface area contributed by atoms with Gasteiger partial charge in [0.1, 0.15) is 5.82 Å². The topological polar surface area (TPSA) is 112 Å². The number of anilines is 2. The van der Waals surface area contributed by atoms with Crippen LogP contribution in [0.3, 0.4) is 0 Å². The number of amides is 1. The lowest BCUT2D eigenvalue weighted by Crippen LogP contribution is -2.30. The first-order chi connectivity index (χ1) is 16.5. The molecule has 11 heteroatoms. The Hall–Kier alpha value is -3.34. The maximum Gasteiger partial charge on any atom is 0.259 e. The number of carbonyl (C=O) groups is 1. The molecule has 0 spiro atoms. The summed E-state index contributed by atoms with van der Waals surface area (Å²) in [7, 11) is -2.98. The Bertz CT molecular complexity index is 1370. The van der Waals surface area contributed by atoms with Gasteiger partial charge >= 0.3 is 0 Å². The number of halogens is 2.